The normalized spacial score (nSPS) is 10.5. The molecule has 0 spiro atoms. The number of methoxy groups -OCH3 is 1. The number of nitrogens with zero attached hydrogens (tertiary/aromatic N) is 2. The molecule has 1 rings (SSSR count). The molecule has 6 heteroatoms. The van der Waals surface area contributed by atoms with Gasteiger partial charge in [0.05, 0.1) is 12.8 Å². The monoisotopic (exact) mass is 241 g/mol. The van der Waals surface area contributed by atoms with E-state index >= 15 is 0 Å². The zero-order valence-electron chi connectivity index (χ0n) is 10.1. The first kappa shape index (κ1) is 13.8. The van der Waals surface area contributed by atoms with Gasteiger partial charge in [0, 0.05) is 32.4 Å². The molecule has 0 atom stereocenters. The average Bonchev–Trinajstić information content (AvgIpc) is 2.38. The fraction of sp³-hybridized carbons (Fsp3) is 0.636. The Hall–Kier alpha value is -1.24. The van der Waals surface area contributed by atoms with Crippen LogP contribution in [-0.2, 0) is 16.0 Å². The standard InChI is InChI=1S/C11H19N3O3/c1-15-5-2-6-16-7-8-17-11-10(9-12)3-4-13-14-11/h3-4H,2,5-9,12H2,1H3. The number of ether oxygens (including phenoxy) is 3. The third-order valence-corrected chi connectivity index (χ3v) is 2.09. The molecule has 0 amide bonds. The highest BCUT2D eigenvalue weighted by molar-refractivity contribution is 5.22. The quantitative estimate of drug-likeness (QED) is 0.629. The van der Waals surface area contributed by atoms with Gasteiger partial charge in [-0.25, -0.2) is 0 Å². The maximum absolute atomic E-state index is 5.54. The van der Waals surface area contributed by atoms with Crippen molar-refractivity contribution >= 4 is 0 Å². The smallest absolute Gasteiger partial charge is 0.238 e. The Labute approximate surface area is 101 Å². The summed E-state index contributed by atoms with van der Waals surface area (Å²) in [6.07, 6.45) is 2.48. The van der Waals surface area contributed by atoms with E-state index in [4.69, 9.17) is 19.9 Å². The SMILES string of the molecule is COCCCOCCOc1nnccc1CN. The molecule has 0 saturated carbocycles. The summed E-state index contributed by atoms with van der Waals surface area (Å²) in [6, 6.07) is 1.79. The van der Waals surface area contributed by atoms with E-state index in [1.54, 1.807) is 19.4 Å². The van der Waals surface area contributed by atoms with Crippen LogP contribution in [0.1, 0.15) is 12.0 Å². The fourth-order valence-electron chi connectivity index (χ4n) is 1.23. The Kier molecular flexibility index (Phi) is 7.20. The second kappa shape index (κ2) is 8.86. The third-order valence-electron chi connectivity index (χ3n) is 2.09. The molecular formula is C11H19N3O3. The largest absolute Gasteiger partial charge is 0.474 e. The molecule has 0 aliphatic rings. The summed E-state index contributed by atoms with van der Waals surface area (Å²) < 4.78 is 15.7. The molecule has 2 N–H and O–H groups in total. The Morgan fingerprint density at radius 3 is 2.88 bits per heavy atom. The molecule has 0 fully saturated rings. The second-order valence-corrected chi connectivity index (χ2v) is 3.37. The molecule has 0 radical (unpaired) electrons. The molecule has 1 aromatic rings. The minimum atomic E-state index is 0.388. The van der Waals surface area contributed by atoms with E-state index in [1.807, 2.05) is 0 Å². The van der Waals surface area contributed by atoms with Gasteiger partial charge in [-0.05, 0) is 12.5 Å². The lowest BCUT2D eigenvalue weighted by molar-refractivity contribution is 0.0790. The second-order valence-electron chi connectivity index (χ2n) is 3.37. The van der Waals surface area contributed by atoms with Gasteiger partial charge in [0.25, 0.3) is 0 Å². The summed E-state index contributed by atoms with van der Waals surface area (Å²) >= 11 is 0. The van der Waals surface area contributed by atoms with Crippen molar-refractivity contribution in [1.82, 2.24) is 10.2 Å². The van der Waals surface area contributed by atoms with Crippen molar-refractivity contribution in [2.45, 2.75) is 13.0 Å². The Morgan fingerprint density at radius 1 is 1.24 bits per heavy atom. The van der Waals surface area contributed by atoms with E-state index in [0.717, 1.165) is 12.0 Å². The van der Waals surface area contributed by atoms with Crippen LogP contribution in [0.4, 0.5) is 0 Å². The zero-order chi connectivity index (χ0) is 12.3. The number of hydrogen-bond donors (Lipinski definition) is 1. The van der Waals surface area contributed by atoms with Crippen molar-refractivity contribution in [1.29, 1.82) is 0 Å². The maximum Gasteiger partial charge on any atom is 0.238 e. The van der Waals surface area contributed by atoms with Crippen molar-refractivity contribution in [2.75, 3.05) is 33.5 Å². The summed E-state index contributed by atoms with van der Waals surface area (Å²) in [5, 5.41) is 7.61. The van der Waals surface area contributed by atoms with Crippen LogP contribution in [0.15, 0.2) is 12.3 Å². The van der Waals surface area contributed by atoms with Gasteiger partial charge in [-0.1, -0.05) is 0 Å². The highest BCUT2D eigenvalue weighted by Crippen LogP contribution is 2.11. The molecule has 1 aromatic heterocycles. The predicted octanol–water partition coefficient (Wildman–Crippen LogP) is 0.367. The van der Waals surface area contributed by atoms with Crippen LogP contribution in [0.3, 0.4) is 0 Å². The van der Waals surface area contributed by atoms with E-state index in [-0.39, 0.29) is 0 Å². The minimum absolute atomic E-state index is 0.388. The van der Waals surface area contributed by atoms with E-state index in [1.165, 1.54) is 0 Å². The lowest BCUT2D eigenvalue weighted by atomic mass is 10.3. The molecular weight excluding hydrogens is 222 g/mol. The summed E-state index contributed by atoms with van der Waals surface area (Å²) in [7, 11) is 1.67. The van der Waals surface area contributed by atoms with E-state index in [0.29, 0.717) is 38.9 Å². The van der Waals surface area contributed by atoms with Gasteiger partial charge in [0.1, 0.15) is 6.61 Å². The van der Waals surface area contributed by atoms with Crippen molar-refractivity contribution in [3.8, 4) is 5.88 Å². The highest BCUT2D eigenvalue weighted by Gasteiger charge is 2.02. The van der Waals surface area contributed by atoms with E-state index in [2.05, 4.69) is 10.2 Å². The molecule has 0 aliphatic heterocycles. The number of rotatable bonds is 9. The summed E-state index contributed by atoms with van der Waals surface area (Å²) in [6.45, 7) is 2.73. The third kappa shape index (κ3) is 5.58. The first-order valence-corrected chi connectivity index (χ1v) is 5.58. The zero-order valence-corrected chi connectivity index (χ0v) is 10.1. The van der Waals surface area contributed by atoms with Gasteiger partial charge in [-0.2, -0.15) is 5.10 Å². The van der Waals surface area contributed by atoms with Crippen LogP contribution in [0, 0.1) is 0 Å². The van der Waals surface area contributed by atoms with Gasteiger partial charge in [-0.15, -0.1) is 5.10 Å². The first-order valence-electron chi connectivity index (χ1n) is 5.58. The van der Waals surface area contributed by atoms with Crippen LogP contribution in [-0.4, -0.2) is 43.7 Å². The first-order chi connectivity index (χ1) is 8.38. The Morgan fingerprint density at radius 2 is 2.12 bits per heavy atom. The molecule has 96 valence electrons. The number of nitrogens with two attached hydrogens (primary N) is 1. The van der Waals surface area contributed by atoms with Gasteiger partial charge in [0.2, 0.25) is 5.88 Å². The van der Waals surface area contributed by atoms with Crippen LogP contribution in [0.5, 0.6) is 5.88 Å². The lowest BCUT2D eigenvalue weighted by Gasteiger charge is -2.08. The van der Waals surface area contributed by atoms with Crippen LogP contribution in [0.25, 0.3) is 0 Å². The fourth-order valence-corrected chi connectivity index (χ4v) is 1.23. The summed E-state index contributed by atoms with van der Waals surface area (Å²) in [5.41, 5.74) is 6.39. The maximum atomic E-state index is 5.54. The minimum Gasteiger partial charge on any atom is -0.474 e. The molecule has 17 heavy (non-hydrogen) atoms. The van der Waals surface area contributed by atoms with Gasteiger partial charge < -0.3 is 19.9 Å². The van der Waals surface area contributed by atoms with Crippen molar-refractivity contribution in [3.05, 3.63) is 17.8 Å². The van der Waals surface area contributed by atoms with Gasteiger partial charge in [-0.3, -0.25) is 0 Å². The van der Waals surface area contributed by atoms with Gasteiger partial charge in [0.15, 0.2) is 0 Å². The Balaban J connectivity index is 2.13. The molecule has 0 bridgehead atoms. The van der Waals surface area contributed by atoms with E-state index in [9.17, 15) is 0 Å². The molecule has 0 saturated heterocycles. The predicted molar refractivity (Wildman–Crippen MR) is 62.7 cm³/mol. The van der Waals surface area contributed by atoms with Crippen molar-refractivity contribution in [2.24, 2.45) is 5.73 Å². The Bertz CT molecular complexity index is 310. The average molecular weight is 241 g/mol. The summed E-state index contributed by atoms with van der Waals surface area (Å²) in [4.78, 5) is 0. The lowest BCUT2D eigenvalue weighted by Crippen LogP contribution is -2.11. The van der Waals surface area contributed by atoms with E-state index < -0.39 is 0 Å². The van der Waals surface area contributed by atoms with Crippen molar-refractivity contribution < 1.29 is 14.2 Å². The summed E-state index contributed by atoms with van der Waals surface area (Å²) in [5.74, 6) is 0.482. The van der Waals surface area contributed by atoms with Crippen LogP contribution < -0.4 is 10.5 Å². The highest BCUT2D eigenvalue weighted by atomic mass is 16.5. The van der Waals surface area contributed by atoms with Gasteiger partial charge >= 0.3 is 0 Å². The van der Waals surface area contributed by atoms with Crippen LogP contribution >= 0.6 is 0 Å². The molecule has 0 aromatic carbocycles. The number of hydrogen-bond acceptors (Lipinski definition) is 6. The molecule has 1 heterocycles. The molecule has 0 unspecified atom stereocenters. The number of aromatic nitrogens is 2. The van der Waals surface area contributed by atoms with Crippen LogP contribution in [0.2, 0.25) is 0 Å². The molecule has 0 aliphatic carbocycles. The van der Waals surface area contributed by atoms with Crippen molar-refractivity contribution in [3.63, 3.8) is 0 Å². The molecule has 6 nitrogen and oxygen atoms in total. The topological polar surface area (TPSA) is 79.5 Å².